The minimum absolute atomic E-state index is 0.0517. The molecule has 1 amide bonds. The molecule has 0 bridgehead atoms. The van der Waals surface area contributed by atoms with Crippen LogP contribution in [0, 0.1) is 5.92 Å². The van der Waals surface area contributed by atoms with E-state index in [4.69, 9.17) is 0 Å². The van der Waals surface area contributed by atoms with E-state index in [1.165, 1.54) is 18.6 Å². The van der Waals surface area contributed by atoms with Gasteiger partial charge in [0.1, 0.15) is 6.67 Å². The highest BCUT2D eigenvalue weighted by molar-refractivity contribution is 5.87. The minimum atomic E-state index is -0.560. The smallest absolute Gasteiger partial charge is 0.246 e. The van der Waals surface area contributed by atoms with Crippen LogP contribution in [-0.2, 0) is 4.79 Å². The van der Waals surface area contributed by atoms with E-state index in [-0.39, 0.29) is 5.91 Å². The molecule has 0 unspecified atom stereocenters. The van der Waals surface area contributed by atoms with Crippen LogP contribution in [0.1, 0.15) is 19.8 Å². The summed E-state index contributed by atoms with van der Waals surface area (Å²) in [6, 6.07) is 0. The summed E-state index contributed by atoms with van der Waals surface area (Å²) in [5.74, 6) is 0.528. The predicted molar refractivity (Wildman–Crippen MR) is 50.1 cm³/mol. The molecule has 0 aromatic rings. The molecule has 0 aromatic carbocycles. The molecule has 13 heavy (non-hydrogen) atoms. The zero-order valence-electron chi connectivity index (χ0n) is 8.00. The minimum Gasteiger partial charge on any atom is -0.339 e. The van der Waals surface area contributed by atoms with Crippen LogP contribution in [0.3, 0.4) is 0 Å². The molecule has 1 fully saturated rings. The van der Waals surface area contributed by atoms with Crippen molar-refractivity contribution in [2.24, 2.45) is 5.92 Å². The molecule has 0 spiro atoms. The van der Waals surface area contributed by atoms with Gasteiger partial charge in [-0.3, -0.25) is 4.79 Å². The molecule has 0 aliphatic carbocycles. The van der Waals surface area contributed by atoms with E-state index < -0.39 is 6.67 Å². The molecule has 2 nitrogen and oxygen atoms in total. The SMILES string of the molecule is C[C@H]1CCCN(C(=O)/C=C/CF)C1. The van der Waals surface area contributed by atoms with E-state index in [0.29, 0.717) is 5.92 Å². The lowest BCUT2D eigenvalue weighted by molar-refractivity contribution is -0.127. The van der Waals surface area contributed by atoms with Gasteiger partial charge in [-0.05, 0) is 24.8 Å². The Morgan fingerprint density at radius 1 is 1.69 bits per heavy atom. The Morgan fingerprint density at radius 3 is 3.08 bits per heavy atom. The molecule has 1 aliphatic heterocycles. The second-order valence-electron chi connectivity index (χ2n) is 3.59. The number of likely N-dealkylation sites (tertiary alicyclic amines) is 1. The van der Waals surface area contributed by atoms with Crippen molar-refractivity contribution in [1.29, 1.82) is 0 Å². The summed E-state index contributed by atoms with van der Waals surface area (Å²) in [6.45, 7) is 3.21. The van der Waals surface area contributed by atoms with Crippen LogP contribution >= 0.6 is 0 Å². The summed E-state index contributed by atoms with van der Waals surface area (Å²) < 4.78 is 11.7. The van der Waals surface area contributed by atoms with Gasteiger partial charge in [-0.1, -0.05) is 6.92 Å². The molecule has 1 rings (SSSR count). The van der Waals surface area contributed by atoms with Crippen LogP contribution in [0.25, 0.3) is 0 Å². The fraction of sp³-hybridized carbons (Fsp3) is 0.700. The number of halogens is 1. The zero-order chi connectivity index (χ0) is 9.68. The average molecular weight is 185 g/mol. The van der Waals surface area contributed by atoms with Crippen LogP contribution in [0.4, 0.5) is 4.39 Å². The number of carbonyl (C=O) groups is 1. The van der Waals surface area contributed by atoms with Crippen molar-refractivity contribution in [2.75, 3.05) is 19.8 Å². The van der Waals surface area contributed by atoms with Crippen molar-refractivity contribution in [3.8, 4) is 0 Å². The third-order valence-electron chi connectivity index (χ3n) is 2.32. The molecule has 0 saturated carbocycles. The maximum Gasteiger partial charge on any atom is 0.246 e. The molecule has 0 N–H and O–H groups in total. The van der Waals surface area contributed by atoms with Gasteiger partial charge in [0.05, 0.1) is 0 Å². The maximum absolute atomic E-state index is 11.7. The number of hydrogen-bond acceptors (Lipinski definition) is 1. The topological polar surface area (TPSA) is 20.3 Å². The summed E-state index contributed by atoms with van der Waals surface area (Å²) in [5, 5.41) is 0. The standard InChI is InChI=1S/C10H16FNO/c1-9-4-3-7-12(8-9)10(13)5-2-6-11/h2,5,9H,3-4,6-8H2,1H3/b5-2+/t9-/m0/s1. The summed E-state index contributed by atoms with van der Waals surface area (Å²) in [5.41, 5.74) is 0. The monoisotopic (exact) mass is 185 g/mol. The van der Waals surface area contributed by atoms with Gasteiger partial charge < -0.3 is 4.90 Å². The van der Waals surface area contributed by atoms with Gasteiger partial charge in [-0.2, -0.15) is 0 Å². The van der Waals surface area contributed by atoms with E-state index in [1.807, 2.05) is 0 Å². The van der Waals surface area contributed by atoms with Gasteiger partial charge in [0.15, 0.2) is 0 Å². The highest BCUT2D eigenvalue weighted by atomic mass is 19.1. The lowest BCUT2D eigenvalue weighted by Gasteiger charge is -2.29. The predicted octanol–water partition coefficient (Wildman–Crippen LogP) is 1.77. The maximum atomic E-state index is 11.7. The number of alkyl halides is 1. The second kappa shape index (κ2) is 5.00. The van der Waals surface area contributed by atoms with Crippen molar-refractivity contribution in [1.82, 2.24) is 4.90 Å². The second-order valence-corrected chi connectivity index (χ2v) is 3.59. The van der Waals surface area contributed by atoms with Crippen molar-refractivity contribution < 1.29 is 9.18 Å². The van der Waals surface area contributed by atoms with E-state index in [9.17, 15) is 9.18 Å². The molecule has 1 atom stereocenters. The lowest BCUT2D eigenvalue weighted by atomic mass is 10.0. The first-order valence-corrected chi connectivity index (χ1v) is 4.75. The number of hydrogen-bond donors (Lipinski definition) is 0. The molecule has 1 saturated heterocycles. The summed E-state index contributed by atoms with van der Waals surface area (Å²) in [4.78, 5) is 13.2. The summed E-state index contributed by atoms with van der Waals surface area (Å²) in [7, 11) is 0. The average Bonchev–Trinajstić information content (AvgIpc) is 2.14. The molecule has 0 radical (unpaired) electrons. The van der Waals surface area contributed by atoms with E-state index in [2.05, 4.69) is 6.92 Å². The number of amides is 1. The molecular formula is C10H16FNO. The Bertz CT molecular complexity index is 203. The molecule has 1 aliphatic rings. The Hall–Kier alpha value is -0.860. The first-order chi connectivity index (χ1) is 6.24. The van der Waals surface area contributed by atoms with Gasteiger partial charge in [0.2, 0.25) is 5.91 Å². The fourth-order valence-corrected chi connectivity index (χ4v) is 1.64. The van der Waals surface area contributed by atoms with Gasteiger partial charge in [-0.15, -0.1) is 0 Å². The molecule has 1 heterocycles. The van der Waals surface area contributed by atoms with Crippen LogP contribution in [-0.4, -0.2) is 30.6 Å². The number of rotatable bonds is 2. The first kappa shape index (κ1) is 10.2. The molecule has 74 valence electrons. The van der Waals surface area contributed by atoms with Gasteiger partial charge in [0.25, 0.3) is 0 Å². The summed E-state index contributed by atoms with van der Waals surface area (Å²) in [6.07, 6.45) is 4.85. The van der Waals surface area contributed by atoms with Crippen LogP contribution in [0.15, 0.2) is 12.2 Å². The lowest BCUT2D eigenvalue weighted by Crippen LogP contribution is -2.38. The van der Waals surface area contributed by atoms with E-state index >= 15 is 0 Å². The Labute approximate surface area is 78.4 Å². The Kier molecular flexibility index (Phi) is 3.93. The molecular weight excluding hydrogens is 169 g/mol. The zero-order valence-corrected chi connectivity index (χ0v) is 8.00. The third kappa shape index (κ3) is 3.17. The van der Waals surface area contributed by atoms with Gasteiger partial charge >= 0.3 is 0 Å². The van der Waals surface area contributed by atoms with E-state index in [0.717, 1.165) is 19.5 Å². The van der Waals surface area contributed by atoms with Crippen LogP contribution in [0.5, 0.6) is 0 Å². The van der Waals surface area contributed by atoms with Gasteiger partial charge in [0, 0.05) is 19.2 Å². The fourth-order valence-electron chi connectivity index (χ4n) is 1.64. The largest absolute Gasteiger partial charge is 0.339 e. The molecule has 0 aromatic heterocycles. The first-order valence-electron chi connectivity index (χ1n) is 4.75. The highest BCUT2D eigenvalue weighted by Gasteiger charge is 2.18. The number of allylic oxidation sites excluding steroid dienone is 1. The number of nitrogens with zero attached hydrogens (tertiary/aromatic N) is 1. The quantitative estimate of drug-likeness (QED) is 0.600. The number of piperidine rings is 1. The highest BCUT2D eigenvalue weighted by Crippen LogP contribution is 2.15. The Balaban J connectivity index is 2.41. The van der Waals surface area contributed by atoms with Crippen LogP contribution in [0.2, 0.25) is 0 Å². The van der Waals surface area contributed by atoms with Crippen molar-refractivity contribution >= 4 is 5.91 Å². The van der Waals surface area contributed by atoms with Crippen LogP contribution < -0.4 is 0 Å². The van der Waals surface area contributed by atoms with Crippen molar-refractivity contribution in [2.45, 2.75) is 19.8 Å². The van der Waals surface area contributed by atoms with Crippen molar-refractivity contribution in [3.63, 3.8) is 0 Å². The normalized spacial score (nSPS) is 23.8. The number of carbonyl (C=O) groups excluding carboxylic acids is 1. The Morgan fingerprint density at radius 2 is 2.46 bits per heavy atom. The summed E-state index contributed by atoms with van der Waals surface area (Å²) >= 11 is 0. The van der Waals surface area contributed by atoms with Gasteiger partial charge in [-0.25, -0.2) is 4.39 Å². The van der Waals surface area contributed by atoms with Crippen molar-refractivity contribution in [3.05, 3.63) is 12.2 Å². The van der Waals surface area contributed by atoms with E-state index in [1.54, 1.807) is 4.90 Å². The molecule has 3 heteroatoms. The third-order valence-corrected chi connectivity index (χ3v) is 2.32.